The van der Waals surface area contributed by atoms with Crippen molar-refractivity contribution in [3.05, 3.63) is 82.3 Å². The average molecular weight is 523 g/mol. The molecule has 1 aliphatic heterocycles. The summed E-state index contributed by atoms with van der Waals surface area (Å²) in [5.41, 5.74) is 3.01. The number of anilines is 2. The Labute approximate surface area is 208 Å². The van der Waals surface area contributed by atoms with Crippen molar-refractivity contribution in [2.45, 2.75) is 26.2 Å². The molecular formula is C27H27BrN2O4. The van der Waals surface area contributed by atoms with Gasteiger partial charge in [0, 0.05) is 10.2 Å². The van der Waals surface area contributed by atoms with Crippen LogP contribution in [-0.4, -0.2) is 31.6 Å². The van der Waals surface area contributed by atoms with Gasteiger partial charge in [0.2, 0.25) is 0 Å². The number of fused-ring (bicyclic) bond motifs is 1. The van der Waals surface area contributed by atoms with Crippen molar-refractivity contribution in [1.82, 2.24) is 0 Å². The summed E-state index contributed by atoms with van der Waals surface area (Å²) in [4.78, 5) is 26.9. The average Bonchev–Trinajstić information content (AvgIpc) is 2.80. The molecule has 0 saturated carbocycles. The maximum absolute atomic E-state index is 12.7. The van der Waals surface area contributed by atoms with Crippen molar-refractivity contribution >= 4 is 39.1 Å². The molecule has 0 bridgehead atoms. The Bertz CT molecular complexity index is 1200. The van der Waals surface area contributed by atoms with E-state index >= 15 is 0 Å². The van der Waals surface area contributed by atoms with Crippen molar-refractivity contribution in [3.63, 3.8) is 0 Å². The number of benzene rings is 3. The van der Waals surface area contributed by atoms with Crippen LogP contribution in [0.3, 0.4) is 0 Å². The minimum Gasteiger partial charge on any atom is -0.492 e. The Balaban J connectivity index is 1.45. The fourth-order valence-electron chi connectivity index (χ4n) is 3.67. The predicted octanol–water partition coefficient (Wildman–Crippen LogP) is 5.80. The van der Waals surface area contributed by atoms with Crippen molar-refractivity contribution in [1.29, 1.82) is 0 Å². The predicted molar refractivity (Wildman–Crippen MR) is 137 cm³/mol. The second-order valence-electron chi connectivity index (χ2n) is 9.07. The minimum absolute atomic E-state index is 0.0318. The first-order valence-electron chi connectivity index (χ1n) is 11.1. The van der Waals surface area contributed by atoms with E-state index in [4.69, 9.17) is 9.47 Å². The topological polar surface area (TPSA) is 67.9 Å². The fraction of sp³-hybridized carbons (Fsp3) is 0.259. The van der Waals surface area contributed by atoms with E-state index < -0.39 is 0 Å². The van der Waals surface area contributed by atoms with Gasteiger partial charge >= 0.3 is 0 Å². The Morgan fingerprint density at radius 3 is 2.53 bits per heavy atom. The lowest BCUT2D eigenvalue weighted by molar-refractivity contribution is -0.121. The number of nitrogens with zero attached hydrogens (tertiary/aromatic N) is 1. The van der Waals surface area contributed by atoms with E-state index in [0.717, 1.165) is 5.75 Å². The van der Waals surface area contributed by atoms with Crippen LogP contribution in [0.25, 0.3) is 0 Å². The fourth-order valence-corrected chi connectivity index (χ4v) is 4.14. The molecule has 1 N–H and O–H groups in total. The quantitative estimate of drug-likeness (QED) is 0.443. The van der Waals surface area contributed by atoms with Crippen LogP contribution >= 0.6 is 15.9 Å². The lowest BCUT2D eigenvalue weighted by Gasteiger charge is -2.29. The first-order chi connectivity index (χ1) is 16.2. The Hall–Kier alpha value is -3.32. The van der Waals surface area contributed by atoms with E-state index in [1.807, 2.05) is 24.3 Å². The van der Waals surface area contributed by atoms with E-state index in [2.05, 4.69) is 54.2 Å². The number of hydrogen-bond donors (Lipinski definition) is 1. The van der Waals surface area contributed by atoms with Gasteiger partial charge in [0.1, 0.15) is 18.1 Å². The molecule has 0 aliphatic carbocycles. The minimum atomic E-state index is -0.246. The van der Waals surface area contributed by atoms with Crippen LogP contribution < -0.4 is 19.7 Å². The van der Waals surface area contributed by atoms with Crippen molar-refractivity contribution in [2.24, 2.45) is 0 Å². The van der Waals surface area contributed by atoms with Gasteiger partial charge in [-0.1, -0.05) is 45.0 Å². The highest BCUT2D eigenvalue weighted by molar-refractivity contribution is 9.10. The number of amides is 2. The SMILES string of the molecule is CC(C)(C)c1ccc(OCCN2C(=O)COc3ccc(NC(=O)c4ccccc4Br)cc32)cc1. The highest BCUT2D eigenvalue weighted by Crippen LogP contribution is 2.35. The lowest BCUT2D eigenvalue weighted by Crippen LogP contribution is -2.41. The van der Waals surface area contributed by atoms with Gasteiger partial charge in [-0.3, -0.25) is 9.59 Å². The molecule has 34 heavy (non-hydrogen) atoms. The largest absolute Gasteiger partial charge is 0.492 e. The molecule has 2 amide bonds. The number of nitrogens with one attached hydrogen (secondary N) is 1. The number of halogens is 1. The number of carbonyl (C=O) groups excluding carboxylic acids is 2. The van der Waals surface area contributed by atoms with Crippen LogP contribution in [0.15, 0.2) is 71.2 Å². The Kier molecular flexibility index (Phi) is 6.93. The first kappa shape index (κ1) is 23.8. The third-order valence-corrected chi connectivity index (χ3v) is 6.27. The lowest BCUT2D eigenvalue weighted by atomic mass is 9.87. The molecular weight excluding hydrogens is 496 g/mol. The molecule has 4 rings (SSSR count). The van der Waals surface area contributed by atoms with Gasteiger partial charge < -0.3 is 19.7 Å². The summed E-state index contributed by atoms with van der Waals surface area (Å²) in [6.07, 6.45) is 0. The highest BCUT2D eigenvalue weighted by atomic mass is 79.9. The van der Waals surface area contributed by atoms with E-state index in [1.165, 1.54) is 5.56 Å². The Morgan fingerprint density at radius 1 is 1.09 bits per heavy atom. The molecule has 0 spiro atoms. The molecule has 0 saturated heterocycles. The highest BCUT2D eigenvalue weighted by Gasteiger charge is 2.26. The van der Waals surface area contributed by atoms with E-state index in [1.54, 1.807) is 35.2 Å². The van der Waals surface area contributed by atoms with Gasteiger partial charge in [-0.25, -0.2) is 0 Å². The number of hydrogen-bond acceptors (Lipinski definition) is 4. The molecule has 0 atom stereocenters. The van der Waals surface area contributed by atoms with Crippen LogP contribution in [0.1, 0.15) is 36.7 Å². The molecule has 0 fully saturated rings. The molecule has 1 aliphatic rings. The number of rotatable bonds is 6. The molecule has 0 aromatic heterocycles. The second kappa shape index (κ2) is 9.89. The summed E-state index contributed by atoms with van der Waals surface area (Å²) in [5, 5.41) is 2.89. The van der Waals surface area contributed by atoms with Gasteiger partial charge in [0.15, 0.2) is 6.61 Å². The first-order valence-corrected chi connectivity index (χ1v) is 11.9. The number of ether oxygens (including phenoxy) is 2. The summed E-state index contributed by atoms with van der Waals surface area (Å²) in [7, 11) is 0. The van der Waals surface area contributed by atoms with Crippen LogP contribution in [0.2, 0.25) is 0 Å². The van der Waals surface area contributed by atoms with Crippen LogP contribution in [-0.2, 0) is 10.2 Å². The van der Waals surface area contributed by atoms with Gasteiger partial charge in [-0.05, 0) is 69.4 Å². The molecule has 6 nitrogen and oxygen atoms in total. The molecule has 176 valence electrons. The molecule has 7 heteroatoms. The van der Waals surface area contributed by atoms with Crippen LogP contribution in [0, 0.1) is 0 Å². The van der Waals surface area contributed by atoms with Crippen LogP contribution in [0.4, 0.5) is 11.4 Å². The molecule has 0 radical (unpaired) electrons. The number of carbonyl (C=O) groups is 2. The molecule has 3 aromatic carbocycles. The summed E-state index contributed by atoms with van der Waals surface area (Å²) in [6, 6.07) is 20.5. The molecule has 0 unspecified atom stereocenters. The van der Waals surface area contributed by atoms with Gasteiger partial charge in [-0.2, -0.15) is 0 Å². The third-order valence-electron chi connectivity index (χ3n) is 5.58. The van der Waals surface area contributed by atoms with Gasteiger partial charge in [-0.15, -0.1) is 0 Å². The molecule has 1 heterocycles. The van der Waals surface area contributed by atoms with Gasteiger partial charge in [0.05, 0.1) is 17.8 Å². The normalized spacial score (nSPS) is 13.2. The summed E-state index contributed by atoms with van der Waals surface area (Å²) in [5.74, 6) is 0.939. The smallest absolute Gasteiger partial charge is 0.265 e. The van der Waals surface area contributed by atoms with E-state index in [-0.39, 0.29) is 23.8 Å². The zero-order valence-electron chi connectivity index (χ0n) is 19.4. The van der Waals surface area contributed by atoms with E-state index in [9.17, 15) is 9.59 Å². The summed E-state index contributed by atoms with van der Waals surface area (Å²) >= 11 is 3.40. The van der Waals surface area contributed by atoms with Crippen molar-refractivity contribution < 1.29 is 19.1 Å². The van der Waals surface area contributed by atoms with E-state index in [0.29, 0.717) is 40.3 Å². The summed E-state index contributed by atoms with van der Waals surface area (Å²) < 4.78 is 12.2. The van der Waals surface area contributed by atoms with Crippen LogP contribution in [0.5, 0.6) is 11.5 Å². The molecule has 3 aromatic rings. The standard InChI is InChI=1S/C27H27BrN2O4/c1-27(2,3)18-8-11-20(12-9-18)33-15-14-30-23-16-19(10-13-24(23)34-17-25(30)31)29-26(32)21-6-4-5-7-22(21)28/h4-13,16H,14-15,17H2,1-3H3,(H,29,32). The second-order valence-corrected chi connectivity index (χ2v) is 9.93. The van der Waals surface area contributed by atoms with Gasteiger partial charge in [0.25, 0.3) is 11.8 Å². The van der Waals surface area contributed by atoms with Crippen molar-refractivity contribution in [2.75, 3.05) is 30.0 Å². The maximum Gasteiger partial charge on any atom is 0.265 e. The zero-order valence-corrected chi connectivity index (χ0v) is 21.0. The third kappa shape index (κ3) is 5.42. The monoisotopic (exact) mass is 522 g/mol. The zero-order chi connectivity index (χ0) is 24.3. The summed E-state index contributed by atoms with van der Waals surface area (Å²) in [6.45, 7) is 7.15. The van der Waals surface area contributed by atoms with Crippen molar-refractivity contribution in [3.8, 4) is 11.5 Å². The maximum atomic E-state index is 12.7. The Morgan fingerprint density at radius 2 is 1.82 bits per heavy atom.